The van der Waals surface area contributed by atoms with Crippen molar-refractivity contribution in [1.29, 1.82) is 0 Å². The highest BCUT2D eigenvalue weighted by Gasteiger charge is 2.33. The van der Waals surface area contributed by atoms with Gasteiger partial charge in [0.25, 0.3) is 0 Å². The van der Waals surface area contributed by atoms with E-state index >= 15 is 0 Å². The van der Waals surface area contributed by atoms with E-state index in [0.29, 0.717) is 12.4 Å². The molecule has 0 amide bonds. The van der Waals surface area contributed by atoms with Gasteiger partial charge in [-0.2, -0.15) is 0 Å². The maximum atomic E-state index is 10.9. The molecule has 4 heteroatoms. The van der Waals surface area contributed by atoms with E-state index in [-0.39, 0.29) is 11.4 Å². The fraction of sp³-hybridized carbons (Fsp3) is 0.588. The summed E-state index contributed by atoms with van der Waals surface area (Å²) in [6, 6.07) is 7.17. The molecule has 116 valence electrons. The van der Waals surface area contributed by atoms with Crippen molar-refractivity contribution in [1.82, 2.24) is 0 Å². The van der Waals surface area contributed by atoms with Crippen molar-refractivity contribution in [3.8, 4) is 11.5 Å². The minimum atomic E-state index is -0.315. The summed E-state index contributed by atoms with van der Waals surface area (Å²) in [7, 11) is 1.75. The molecule has 0 aliphatic heterocycles. The zero-order valence-corrected chi connectivity index (χ0v) is 12.9. The Kier molecular flexibility index (Phi) is 5.62. The van der Waals surface area contributed by atoms with Crippen molar-refractivity contribution < 1.29 is 19.0 Å². The maximum Gasteiger partial charge on any atom is 0.308 e. The quantitative estimate of drug-likeness (QED) is 0.594. The first-order valence-electron chi connectivity index (χ1n) is 7.54. The number of carbonyl (C=O) groups is 1. The summed E-state index contributed by atoms with van der Waals surface area (Å²) >= 11 is 0. The van der Waals surface area contributed by atoms with E-state index in [0.717, 1.165) is 25.2 Å². The molecule has 0 spiro atoms. The van der Waals surface area contributed by atoms with Crippen LogP contribution in [-0.4, -0.2) is 26.3 Å². The molecule has 1 saturated carbocycles. The van der Waals surface area contributed by atoms with Crippen LogP contribution < -0.4 is 9.47 Å². The third kappa shape index (κ3) is 4.74. The molecule has 0 radical (unpaired) electrons. The van der Waals surface area contributed by atoms with Crippen molar-refractivity contribution in [3.05, 3.63) is 24.3 Å². The highest BCUT2D eigenvalue weighted by atomic mass is 16.5. The number of hydrogen-bond acceptors (Lipinski definition) is 4. The Balaban J connectivity index is 1.92. The van der Waals surface area contributed by atoms with Crippen LogP contribution in [0.25, 0.3) is 0 Å². The topological polar surface area (TPSA) is 44.8 Å². The van der Waals surface area contributed by atoms with Crippen LogP contribution >= 0.6 is 0 Å². The molecule has 1 aromatic rings. The predicted molar refractivity (Wildman–Crippen MR) is 80.6 cm³/mol. The molecule has 21 heavy (non-hydrogen) atoms. The molecule has 1 aromatic carbocycles. The Bertz CT molecular complexity index is 441. The minimum Gasteiger partial charge on any atom is -0.493 e. The zero-order valence-electron chi connectivity index (χ0n) is 12.9. The molecular formula is C17H24O4. The zero-order chi connectivity index (χ0) is 15.1. The molecule has 4 nitrogen and oxygen atoms in total. The minimum absolute atomic E-state index is 0.140. The molecule has 2 rings (SSSR count). The van der Waals surface area contributed by atoms with Gasteiger partial charge in [-0.25, -0.2) is 0 Å². The lowest BCUT2D eigenvalue weighted by Crippen LogP contribution is -2.35. The van der Waals surface area contributed by atoms with Gasteiger partial charge in [0.05, 0.1) is 13.2 Å². The number of methoxy groups -OCH3 is 1. The van der Waals surface area contributed by atoms with Gasteiger partial charge in [-0.3, -0.25) is 4.79 Å². The van der Waals surface area contributed by atoms with Gasteiger partial charge in [-0.05, 0) is 37.1 Å². The molecule has 0 heterocycles. The van der Waals surface area contributed by atoms with Gasteiger partial charge in [0, 0.05) is 19.4 Å². The summed E-state index contributed by atoms with van der Waals surface area (Å²) in [5, 5.41) is 0. The van der Waals surface area contributed by atoms with Crippen molar-refractivity contribution >= 4 is 5.97 Å². The number of esters is 1. The Morgan fingerprint density at radius 2 is 1.67 bits per heavy atom. The van der Waals surface area contributed by atoms with Gasteiger partial charge in [-0.15, -0.1) is 0 Å². The van der Waals surface area contributed by atoms with Crippen molar-refractivity contribution in [3.63, 3.8) is 0 Å². The van der Waals surface area contributed by atoms with Gasteiger partial charge in [-0.1, -0.05) is 19.3 Å². The Hall–Kier alpha value is -1.55. The number of ether oxygens (including phenoxy) is 3. The van der Waals surface area contributed by atoms with E-state index in [9.17, 15) is 4.79 Å². The molecular weight excluding hydrogens is 268 g/mol. The van der Waals surface area contributed by atoms with Crippen LogP contribution in [0.2, 0.25) is 0 Å². The average molecular weight is 292 g/mol. The molecule has 1 aliphatic rings. The summed E-state index contributed by atoms with van der Waals surface area (Å²) in [6.07, 6.45) is 6.12. The third-order valence-corrected chi connectivity index (χ3v) is 4.00. The normalized spacial score (nSPS) is 17.2. The van der Waals surface area contributed by atoms with E-state index < -0.39 is 0 Å². The van der Waals surface area contributed by atoms with E-state index in [1.807, 2.05) is 12.1 Å². The molecule has 0 saturated heterocycles. The summed E-state index contributed by atoms with van der Waals surface area (Å²) in [5.74, 6) is 1.02. The first-order chi connectivity index (χ1) is 10.1. The summed E-state index contributed by atoms with van der Waals surface area (Å²) < 4.78 is 16.3. The lowest BCUT2D eigenvalue weighted by molar-refractivity contribution is -0.131. The second-order valence-corrected chi connectivity index (χ2v) is 5.85. The molecule has 0 N–H and O–H groups in total. The van der Waals surface area contributed by atoms with Gasteiger partial charge < -0.3 is 14.2 Å². The van der Waals surface area contributed by atoms with Crippen LogP contribution in [0.5, 0.6) is 11.5 Å². The monoisotopic (exact) mass is 292 g/mol. The summed E-state index contributed by atoms with van der Waals surface area (Å²) in [6.45, 7) is 2.81. The van der Waals surface area contributed by atoms with E-state index in [4.69, 9.17) is 14.2 Å². The van der Waals surface area contributed by atoms with Crippen molar-refractivity contribution in [2.24, 2.45) is 5.41 Å². The third-order valence-electron chi connectivity index (χ3n) is 4.00. The first kappa shape index (κ1) is 15.8. The molecule has 0 atom stereocenters. The average Bonchev–Trinajstić information content (AvgIpc) is 2.47. The molecule has 0 unspecified atom stereocenters. The van der Waals surface area contributed by atoms with Gasteiger partial charge >= 0.3 is 5.97 Å². The van der Waals surface area contributed by atoms with Crippen LogP contribution in [0.15, 0.2) is 24.3 Å². The van der Waals surface area contributed by atoms with E-state index in [2.05, 4.69) is 0 Å². The summed E-state index contributed by atoms with van der Waals surface area (Å²) in [4.78, 5) is 10.9. The van der Waals surface area contributed by atoms with E-state index in [1.165, 1.54) is 26.2 Å². The Morgan fingerprint density at radius 3 is 2.24 bits per heavy atom. The molecule has 0 aromatic heterocycles. The van der Waals surface area contributed by atoms with Crippen LogP contribution in [0, 0.1) is 5.41 Å². The van der Waals surface area contributed by atoms with Crippen LogP contribution in [-0.2, 0) is 9.53 Å². The lowest BCUT2D eigenvalue weighted by atomic mass is 9.75. The standard InChI is InChI=1S/C17H24O4/c1-14(18)21-16-8-6-15(7-9-16)20-13-17(12-19-2)10-4-3-5-11-17/h6-9H,3-5,10-13H2,1-2H3. The largest absolute Gasteiger partial charge is 0.493 e. The number of carbonyl (C=O) groups excluding carboxylic acids is 1. The maximum absolute atomic E-state index is 10.9. The number of benzene rings is 1. The Labute approximate surface area is 126 Å². The van der Waals surface area contributed by atoms with Crippen LogP contribution in [0.1, 0.15) is 39.0 Å². The van der Waals surface area contributed by atoms with E-state index in [1.54, 1.807) is 19.2 Å². The van der Waals surface area contributed by atoms with Crippen molar-refractivity contribution in [2.75, 3.05) is 20.3 Å². The number of rotatable bonds is 6. The van der Waals surface area contributed by atoms with Crippen LogP contribution in [0.3, 0.4) is 0 Å². The molecule has 1 fully saturated rings. The van der Waals surface area contributed by atoms with Crippen LogP contribution in [0.4, 0.5) is 0 Å². The van der Waals surface area contributed by atoms with Crippen molar-refractivity contribution in [2.45, 2.75) is 39.0 Å². The van der Waals surface area contributed by atoms with Gasteiger partial charge in [0.2, 0.25) is 0 Å². The van der Waals surface area contributed by atoms with Gasteiger partial charge in [0.1, 0.15) is 11.5 Å². The summed E-state index contributed by atoms with van der Waals surface area (Å²) in [5.41, 5.74) is 0.140. The fourth-order valence-electron chi connectivity index (χ4n) is 2.94. The molecule has 0 bridgehead atoms. The second-order valence-electron chi connectivity index (χ2n) is 5.85. The highest BCUT2D eigenvalue weighted by molar-refractivity contribution is 5.69. The highest BCUT2D eigenvalue weighted by Crippen LogP contribution is 2.37. The fourth-order valence-corrected chi connectivity index (χ4v) is 2.94. The lowest BCUT2D eigenvalue weighted by Gasteiger charge is -2.36. The predicted octanol–water partition coefficient (Wildman–Crippen LogP) is 3.59. The smallest absolute Gasteiger partial charge is 0.308 e. The SMILES string of the molecule is COCC1(COc2ccc(OC(C)=O)cc2)CCCCC1. The molecule has 1 aliphatic carbocycles. The number of hydrogen-bond donors (Lipinski definition) is 0. The second kappa shape index (κ2) is 7.46. The Morgan fingerprint density at radius 1 is 1.05 bits per heavy atom. The first-order valence-corrected chi connectivity index (χ1v) is 7.54. The van der Waals surface area contributed by atoms with Gasteiger partial charge in [0.15, 0.2) is 0 Å².